The lowest BCUT2D eigenvalue weighted by molar-refractivity contribution is 0.0772. The number of benzene rings is 2. The summed E-state index contributed by atoms with van der Waals surface area (Å²) in [7, 11) is 0. The van der Waals surface area contributed by atoms with Gasteiger partial charge in [-0.2, -0.15) is 0 Å². The van der Waals surface area contributed by atoms with Gasteiger partial charge >= 0.3 is 0 Å². The maximum Gasteiger partial charge on any atom is 0.255 e. The Morgan fingerprint density at radius 2 is 1.50 bits per heavy atom. The Balaban J connectivity index is 2.10. The van der Waals surface area contributed by atoms with Crippen molar-refractivity contribution in [3.05, 3.63) is 65.2 Å². The van der Waals surface area contributed by atoms with E-state index in [0.717, 1.165) is 17.8 Å². The quantitative estimate of drug-likeness (QED) is 0.763. The number of carbonyl (C=O) groups excluding carboxylic acids is 2. The Hall–Kier alpha value is -2.66. The summed E-state index contributed by atoms with van der Waals surface area (Å²) in [5.74, 6) is -0.200. The average molecular weight is 353 g/mol. The highest BCUT2D eigenvalue weighted by molar-refractivity contribution is 6.05. The predicted molar refractivity (Wildman–Crippen MR) is 105 cm³/mol. The molecule has 0 saturated carbocycles. The maximum atomic E-state index is 12.5. The van der Waals surface area contributed by atoms with Crippen molar-refractivity contribution >= 4 is 17.5 Å². The van der Waals surface area contributed by atoms with E-state index in [1.807, 2.05) is 45.0 Å². The van der Waals surface area contributed by atoms with E-state index in [4.69, 9.17) is 0 Å². The molecule has 5 nitrogen and oxygen atoms in total. The number of hydrogen-bond donors (Lipinski definition) is 2. The second-order valence-corrected chi connectivity index (χ2v) is 5.95. The number of nitrogens with zero attached hydrogens (tertiary/aromatic N) is 1. The molecule has 2 aromatic rings. The van der Waals surface area contributed by atoms with Crippen LogP contribution in [0.25, 0.3) is 0 Å². The maximum absolute atomic E-state index is 12.5. The number of amides is 2. The van der Waals surface area contributed by atoms with Crippen LogP contribution < -0.4 is 10.6 Å². The lowest BCUT2D eigenvalue weighted by Gasteiger charge is -2.18. The van der Waals surface area contributed by atoms with Crippen LogP contribution in [-0.2, 0) is 6.54 Å². The van der Waals surface area contributed by atoms with Crippen LogP contribution in [0.15, 0.2) is 48.5 Å². The van der Waals surface area contributed by atoms with E-state index < -0.39 is 0 Å². The van der Waals surface area contributed by atoms with E-state index in [9.17, 15) is 9.59 Å². The Morgan fingerprint density at radius 3 is 2.12 bits per heavy atom. The number of hydrogen-bond acceptors (Lipinski definition) is 3. The van der Waals surface area contributed by atoms with Gasteiger partial charge in [0, 0.05) is 36.4 Å². The minimum Gasteiger partial charge on any atom is -0.339 e. The number of carbonyl (C=O) groups is 2. The second-order valence-electron chi connectivity index (χ2n) is 5.95. The summed E-state index contributed by atoms with van der Waals surface area (Å²) in [6.45, 7) is 8.85. The van der Waals surface area contributed by atoms with E-state index in [-0.39, 0.29) is 11.8 Å². The fraction of sp³-hybridized carbons (Fsp3) is 0.333. The van der Waals surface area contributed by atoms with E-state index >= 15 is 0 Å². The Labute approximate surface area is 155 Å². The van der Waals surface area contributed by atoms with Crippen LogP contribution in [-0.4, -0.2) is 36.3 Å². The summed E-state index contributed by atoms with van der Waals surface area (Å²) in [6, 6.07) is 14.5. The van der Waals surface area contributed by atoms with Gasteiger partial charge in [-0.1, -0.05) is 25.1 Å². The first kappa shape index (κ1) is 19.7. The van der Waals surface area contributed by atoms with Crippen molar-refractivity contribution in [2.24, 2.45) is 0 Å². The molecular weight excluding hydrogens is 326 g/mol. The van der Waals surface area contributed by atoms with Crippen LogP contribution in [0, 0.1) is 0 Å². The van der Waals surface area contributed by atoms with Gasteiger partial charge in [-0.15, -0.1) is 0 Å². The highest BCUT2D eigenvalue weighted by Gasteiger charge is 2.14. The summed E-state index contributed by atoms with van der Waals surface area (Å²) in [5.41, 5.74) is 2.95. The van der Waals surface area contributed by atoms with Gasteiger partial charge in [0.05, 0.1) is 0 Å². The summed E-state index contributed by atoms with van der Waals surface area (Å²) in [5, 5.41) is 6.22. The van der Waals surface area contributed by atoms with Crippen LogP contribution >= 0.6 is 0 Å². The van der Waals surface area contributed by atoms with Gasteiger partial charge < -0.3 is 15.5 Å². The predicted octanol–water partition coefficient (Wildman–Crippen LogP) is 3.53. The summed E-state index contributed by atoms with van der Waals surface area (Å²) < 4.78 is 0. The fourth-order valence-electron chi connectivity index (χ4n) is 2.71. The first-order valence-electron chi connectivity index (χ1n) is 9.10. The van der Waals surface area contributed by atoms with Gasteiger partial charge in [-0.25, -0.2) is 0 Å². The third-order valence-electron chi connectivity index (χ3n) is 4.28. The number of nitrogens with one attached hydrogen (secondary N) is 2. The van der Waals surface area contributed by atoms with Crippen molar-refractivity contribution in [2.75, 3.05) is 25.0 Å². The number of anilines is 1. The molecule has 0 aliphatic rings. The lowest BCUT2D eigenvalue weighted by atomic mass is 10.1. The van der Waals surface area contributed by atoms with Crippen LogP contribution in [0.2, 0.25) is 0 Å². The minimum atomic E-state index is -0.184. The van der Waals surface area contributed by atoms with Gasteiger partial charge in [0.2, 0.25) is 0 Å². The smallest absolute Gasteiger partial charge is 0.255 e. The molecule has 0 atom stereocenters. The highest BCUT2D eigenvalue weighted by Crippen LogP contribution is 2.16. The number of rotatable bonds is 8. The van der Waals surface area contributed by atoms with Crippen LogP contribution in [0.3, 0.4) is 0 Å². The number of para-hydroxylation sites is 1. The molecule has 0 aliphatic carbocycles. The molecule has 0 fully saturated rings. The molecule has 2 N–H and O–H groups in total. The zero-order valence-corrected chi connectivity index (χ0v) is 15.7. The van der Waals surface area contributed by atoms with Crippen LogP contribution in [0.4, 0.5) is 5.69 Å². The lowest BCUT2D eigenvalue weighted by Crippen LogP contribution is -2.30. The third-order valence-corrected chi connectivity index (χ3v) is 4.28. The highest BCUT2D eigenvalue weighted by atomic mass is 16.2. The van der Waals surface area contributed by atoms with E-state index in [0.29, 0.717) is 30.8 Å². The molecule has 2 amide bonds. The third kappa shape index (κ3) is 4.92. The molecule has 5 heteroatoms. The summed E-state index contributed by atoms with van der Waals surface area (Å²) >= 11 is 0. The molecule has 0 spiro atoms. The first-order chi connectivity index (χ1) is 12.6. The monoisotopic (exact) mass is 353 g/mol. The molecule has 2 rings (SSSR count). The molecule has 0 bridgehead atoms. The van der Waals surface area contributed by atoms with Crippen LogP contribution in [0.5, 0.6) is 0 Å². The van der Waals surface area contributed by atoms with Gasteiger partial charge in [0.25, 0.3) is 11.8 Å². The van der Waals surface area contributed by atoms with Crippen molar-refractivity contribution in [3.63, 3.8) is 0 Å². The normalized spacial score (nSPS) is 10.4. The largest absolute Gasteiger partial charge is 0.339 e. The molecule has 0 aliphatic heterocycles. The molecule has 0 saturated heterocycles. The SMILES string of the molecule is CCNCc1ccccc1NC(=O)c1ccc(C(=O)N(CC)CC)cc1. The van der Waals surface area contributed by atoms with Gasteiger partial charge in [-0.05, 0) is 56.3 Å². The summed E-state index contributed by atoms with van der Waals surface area (Å²) in [4.78, 5) is 26.6. The molecule has 26 heavy (non-hydrogen) atoms. The van der Waals surface area contributed by atoms with E-state index in [2.05, 4.69) is 10.6 Å². The minimum absolute atomic E-state index is 0.0158. The zero-order chi connectivity index (χ0) is 18.9. The summed E-state index contributed by atoms with van der Waals surface area (Å²) in [6.07, 6.45) is 0. The van der Waals surface area contributed by atoms with Crippen LogP contribution in [0.1, 0.15) is 47.1 Å². The Bertz CT molecular complexity index is 737. The Morgan fingerprint density at radius 1 is 0.885 bits per heavy atom. The van der Waals surface area contributed by atoms with E-state index in [1.165, 1.54) is 0 Å². The van der Waals surface area contributed by atoms with Crippen molar-refractivity contribution < 1.29 is 9.59 Å². The molecule has 0 aromatic heterocycles. The Kier molecular flexibility index (Phi) is 7.36. The van der Waals surface area contributed by atoms with Crippen molar-refractivity contribution in [1.82, 2.24) is 10.2 Å². The first-order valence-corrected chi connectivity index (χ1v) is 9.10. The van der Waals surface area contributed by atoms with Gasteiger partial charge in [0.1, 0.15) is 0 Å². The van der Waals surface area contributed by atoms with Crippen molar-refractivity contribution in [2.45, 2.75) is 27.3 Å². The molecule has 0 unspecified atom stereocenters. The molecular formula is C21H27N3O2. The molecule has 0 heterocycles. The topological polar surface area (TPSA) is 61.4 Å². The van der Waals surface area contributed by atoms with Gasteiger partial charge in [-0.3, -0.25) is 9.59 Å². The average Bonchev–Trinajstić information content (AvgIpc) is 2.68. The molecule has 138 valence electrons. The standard InChI is InChI=1S/C21H27N3O2/c1-4-22-15-18-9-7-8-10-19(18)23-20(25)16-11-13-17(14-12-16)21(26)24(5-2)6-3/h7-14,22H,4-6,15H2,1-3H3,(H,23,25). The van der Waals surface area contributed by atoms with Gasteiger partial charge in [0.15, 0.2) is 0 Å². The molecule has 0 radical (unpaired) electrons. The van der Waals surface area contributed by atoms with Crippen molar-refractivity contribution in [1.29, 1.82) is 0 Å². The second kappa shape index (κ2) is 9.73. The van der Waals surface area contributed by atoms with E-state index in [1.54, 1.807) is 29.2 Å². The van der Waals surface area contributed by atoms with Crippen molar-refractivity contribution in [3.8, 4) is 0 Å². The fourth-order valence-corrected chi connectivity index (χ4v) is 2.71. The molecule has 2 aromatic carbocycles. The zero-order valence-electron chi connectivity index (χ0n) is 15.7.